The van der Waals surface area contributed by atoms with Crippen molar-refractivity contribution in [3.05, 3.63) is 11.8 Å². The van der Waals surface area contributed by atoms with E-state index in [1.54, 1.807) is 21.0 Å². The van der Waals surface area contributed by atoms with Crippen molar-refractivity contribution < 1.29 is 14.7 Å². The number of carbonyl (C=O) groups excluding carboxylic acids is 1. The molecule has 0 aliphatic rings. The van der Waals surface area contributed by atoms with Crippen LogP contribution in [-0.4, -0.2) is 30.2 Å². The number of nitrogens with zero attached hydrogens (tertiary/aromatic N) is 1. The van der Waals surface area contributed by atoms with E-state index in [9.17, 15) is 4.79 Å². The van der Waals surface area contributed by atoms with Crippen LogP contribution in [0.1, 0.15) is 13.3 Å². The number of rotatable bonds is 3. The third-order valence-corrected chi connectivity index (χ3v) is 1.06. The fourth-order valence-electron chi connectivity index (χ4n) is 0.513. The van der Waals surface area contributed by atoms with Crippen LogP contribution >= 0.6 is 0 Å². The van der Waals surface area contributed by atoms with Crippen LogP contribution in [0.15, 0.2) is 11.8 Å². The van der Waals surface area contributed by atoms with Crippen LogP contribution in [0.2, 0.25) is 0 Å². The van der Waals surface area contributed by atoms with Crippen LogP contribution in [-0.2, 0) is 9.63 Å². The van der Waals surface area contributed by atoms with Gasteiger partial charge in [-0.05, 0) is 6.42 Å². The number of aliphatic hydroxyl groups excluding tert-OH is 1. The summed E-state index contributed by atoms with van der Waals surface area (Å²) in [4.78, 5) is 15.6. The Labute approximate surface area is 66.0 Å². The van der Waals surface area contributed by atoms with Gasteiger partial charge < -0.3 is 9.94 Å². The number of hydrogen-bond acceptors (Lipinski definition) is 4. The lowest BCUT2D eigenvalue weighted by Gasteiger charge is -2.09. The lowest BCUT2D eigenvalue weighted by atomic mass is 10.2. The van der Waals surface area contributed by atoms with E-state index in [0.29, 0.717) is 6.42 Å². The molecule has 0 amide bonds. The van der Waals surface area contributed by atoms with Crippen molar-refractivity contribution in [1.29, 1.82) is 0 Å². The summed E-state index contributed by atoms with van der Waals surface area (Å²) in [5.41, 5.74) is 0.263. The molecular weight excluding hydrogens is 146 g/mol. The van der Waals surface area contributed by atoms with Crippen molar-refractivity contribution >= 4 is 5.97 Å². The van der Waals surface area contributed by atoms with E-state index < -0.39 is 5.97 Å². The van der Waals surface area contributed by atoms with E-state index in [2.05, 4.69) is 4.84 Å². The SMILES string of the molecule is CCC(=CO)C(=O)ON(C)C. The zero-order valence-electron chi connectivity index (χ0n) is 7.00. The first-order valence-corrected chi connectivity index (χ1v) is 3.34. The average Bonchev–Trinajstić information content (AvgIpc) is 1.88. The number of aliphatic hydroxyl groups is 1. The summed E-state index contributed by atoms with van der Waals surface area (Å²) in [6.45, 7) is 1.76. The normalized spacial score (nSPS) is 11.8. The molecule has 0 fully saturated rings. The van der Waals surface area contributed by atoms with Gasteiger partial charge in [-0.25, -0.2) is 4.79 Å². The zero-order chi connectivity index (χ0) is 8.85. The second-order valence-electron chi connectivity index (χ2n) is 2.20. The Bertz CT molecular complexity index is 163. The summed E-state index contributed by atoms with van der Waals surface area (Å²) >= 11 is 0. The molecule has 0 aliphatic carbocycles. The molecular formula is C7H13NO3. The molecule has 0 spiro atoms. The van der Waals surface area contributed by atoms with E-state index in [1.807, 2.05) is 0 Å². The quantitative estimate of drug-likeness (QED) is 0.377. The molecule has 0 saturated heterocycles. The molecule has 0 saturated carbocycles. The minimum absolute atomic E-state index is 0.263. The third-order valence-electron chi connectivity index (χ3n) is 1.06. The van der Waals surface area contributed by atoms with Gasteiger partial charge in [0.25, 0.3) is 0 Å². The van der Waals surface area contributed by atoms with Gasteiger partial charge >= 0.3 is 5.97 Å². The Hall–Kier alpha value is -1.03. The topological polar surface area (TPSA) is 49.8 Å². The molecule has 0 bridgehead atoms. The van der Waals surface area contributed by atoms with Crippen LogP contribution in [0.4, 0.5) is 0 Å². The van der Waals surface area contributed by atoms with Crippen molar-refractivity contribution in [2.45, 2.75) is 13.3 Å². The van der Waals surface area contributed by atoms with Crippen molar-refractivity contribution in [2.75, 3.05) is 14.1 Å². The zero-order valence-corrected chi connectivity index (χ0v) is 7.00. The fourth-order valence-corrected chi connectivity index (χ4v) is 0.513. The summed E-state index contributed by atoms with van der Waals surface area (Å²) < 4.78 is 0. The molecule has 0 rings (SSSR count). The maximum atomic E-state index is 10.9. The number of carbonyl (C=O) groups is 1. The average molecular weight is 159 g/mol. The molecule has 64 valence electrons. The summed E-state index contributed by atoms with van der Waals surface area (Å²) in [5.74, 6) is -0.514. The van der Waals surface area contributed by atoms with Crippen LogP contribution in [0, 0.1) is 0 Å². The van der Waals surface area contributed by atoms with E-state index in [-0.39, 0.29) is 5.57 Å². The molecule has 0 aromatic heterocycles. The Balaban J connectivity index is 4.02. The van der Waals surface area contributed by atoms with E-state index in [4.69, 9.17) is 5.11 Å². The van der Waals surface area contributed by atoms with Gasteiger partial charge in [0.05, 0.1) is 11.8 Å². The molecule has 1 N–H and O–H groups in total. The molecule has 4 nitrogen and oxygen atoms in total. The van der Waals surface area contributed by atoms with Crippen molar-refractivity contribution in [2.24, 2.45) is 0 Å². The second-order valence-corrected chi connectivity index (χ2v) is 2.20. The van der Waals surface area contributed by atoms with Gasteiger partial charge in [-0.15, -0.1) is 5.06 Å². The van der Waals surface area contributed by atoms with Crippen molar-refractivity contribution in [3.8, 4) is 0 Å². The Morgan fingerprint density at radius 2 is 2.18 bits per heavy atom. The number of hydroxylamine groups is 2. The standard InChI is InChI=1S/C7H13NO3/c1-4-6(5-9)7(10)11-8(2)3/h5,9H,4H2,1-3H3. The van der Waals surface area contributed by atoms with Crippen LogP contribution < -0.4 is 0 Å². The first-order valence-electron chi connectivity index (χ1n) is 3.34. The van der Waals surface area contributed by atoms with E-state index in [1.165, 1.54) is 5.06 Å². The monoisotopic (exact) mass is 159 g/mol. The molecule has 0 radical (unpaired) electrons. The fraction of sp³-hybridized carbons (Fsp3) is 0.571. The largest absolute Gasteiger partial charge is 0.515 e. The van der Waals surface area contributed by atoms with Crippen molar-refractivity contribution in [1.82, 2.24) is 5.06 Å². The van der Waals surface area contributed by atoms with Gasteiger partial charge in [-0.3, -0.25) is 0 Å². The van der Waals surface area contributed by atoms with Gasteiger partial charge in [0.1, 0.15) is 0 Å². The van der Waals surface area contributed by atoms with E-state index in [0.717, 1.165) is 6.26 Å². The minimum atomic E-state index is -0.514. The lowest BCUT2D eigenvalue weighted by molar-refractivity contribution is -0.173. The highest BCUT2D eigenvalue weighted by atomic mass is 16.7. The van der Waals surface area contributed by atoms with Gasteiger partial charge in [0.15, 0.2) is 0 Å². The van der Waals surface area contributed by atoms with Gasteiger partial charge in [0, 0.05) is 14.1 Å². The highest BCUT2D eigenvalue weighted by molar-refractivity contribution is 5.87. The predicted octanol–water partition coefficient (Wildman–Crippen LogP) is 0.858. The first kappa shape index (κ1) is 9.97. The predicted molar refractivity (Wildman–Crippen MR) is 40.8 cm³/mol. The summed E-state index contributed by atoms with van der Waals surface area (Å²) in [6, 6.07) is 0. The third kappa shape index (κ3) is 3.62. The van der Waals surface area contributed by atoms with Gasteiger partial charge in [-0.1, -0.05) is 6.92 Å². The summed E-state index contributed by atoms with van der Waals surface area (Å²) in [5, 5.41) is 9.81. The highest BCUT2D eigenvalue weighted by Gasteiger charge is 2.09. The van der Waals surface area contributed by atoms with Crippen LogP contribution in [0.5, 0.6) is 0 Å². The Morgan fingerprint density at radius 1 is 1.64 bits per heavy atom. The highest BCUT2D eigenvalue weighted by Crippen LogP contribution is 2.02. The van der Waals surface area contributed by atoms with Crippen molar-refractivity contribution in [3.63, 3.8) is 0 Å². The lowest BCUT2D eigenvalue weighted by Crippen LogP contribution is -2.19. The van der Waals surface area contributed by atoms with Gasteiger partial charge in [-0.2, -0.15) is 0 Å². The molecule has 11 heavy (non-hydrogen) atoms. The molecule has 0 aliphatic heterocycles. The van der Waals surface area contributed by atoms with Crippen LogP contribution in [0.25, 0.3) is 0 Å². The molecule has 0 aromatic carbocycles. The molecule has 0 heterocycles. The molecule has 0 atom stereocenters. The maximum absolute atomic E-state index is 10.9. The maximum Gasteiger partial charge on any atom is 0.355 e. The first-order chi connectivity index (χ1) is 5.11. The van der Waals surface area contributed by atoms with Crippen LogP contribution in [0.3, 0.4) is 0 Å². The minimum Gasteiger partial charge on any atom is -0.515 e. The smallest absolute Gasteiger partial charge is 0.355 e. The molecule has 0 aromatic rings. The Kier molecular flexibility index (Phi) is 4.29. The second kappa shape index (κ2) is 4.73. The summed E-state index contributed by atoms with van der Waals surface area (Å²) in [7, 11) is 3.20. The van der Waals surface area contributed by atoms with Gasteiger partial charge in [0.2, 0.25) is 0 Å². The number of hydrogen-bond donors (Lipinski definition) is 1. The summed E-state index contributed by atoms with van der Waals surface area (Å²) in [6.07, 6.45) is 1.23. The Morgan fingerprint density at radius 3 is 2.45 bits per heavy atom. The molecule has 4 heteroatoms. The van der Waals surface area contributed by atoms with E-state index >= 15 is 0 Å². The molecule has 0 unspecified atom stereocenters.